The first-order valence-electron chi connectivity index (χ1n) is 5.71. The monoisotopic (exact) mass is 231 g/mol. The van der Waals surface area contributed by atoms with E-state index >= 15 is 0 Å². The molecule has 1 saturated heterocycles. The molecule has 0 spiro atoms. The Hall–Kier alpha value is -1.77. The number of nitrogens with zero attached hydrogens (tertiary/aromatic N) is 1. The van der Waals surface area contributed by atoms with Crippen LogP contribution >= 0.6 is 0 Å². The Morgan fingerprint density at radius 2 is 2.24 bits per heavy atom. The minimum Gasteiger partial charge on any atom is -0.497 e. The summed E-state index contributed by atoms with van der Waals surface area (Å²) in [5, 5.41) is 0. The molecule has 1 aromatic rings. The van der Waals surface area contributed by atoms with E-state index in [1.165, 1.54) is 0 Å². The topological polar surface area (TPSA) is 29.5 Å². The molecule has 1 heterocycles. The first-order valence-corrected chi connectivity index (χ1v) is 5.71. The summed E-state index contributed by atoms with van der Waals surface area (Å²) in [6.45, 7) is 4.70. The van der Waals surface area contributed by atoms with Crippen molar-refractivity contribution in [3.8, 4) is 5.75 Å². The van der Waals surface area contributed by atoms with Gasteiger partial charge in [0.15, 0.2) is 0 Å². The summed E-state index contributed by atoms with van der Waals surface area (Å²) in [5.41, 5.74) is 1.78. The highest BCUT2D eigenvalue weighted by atomic mass is 16.5. The number of benzene rings is 1. The van der Waals surface area contributed by atoms with Crippen molar-refractivity contribution in [3.05, 3.63) is 42.0 Å². The van der Waals surface area contributed by atoms with E-state index in [1.54, 1.807) is 12.0 Å². The summed E-state index contributed by atoms with van der Waals surface area (Å²) < 4.78 is 5.20. The van der Waals surface area contributed by atoms with Crippen LogP contribution in [0.2, 0.25) is 0 Å². The second-order valence-corrected chi connectivity index (χ2v) is 4.37. The lowest BCUT2D eigenvalue weighted by atomic mass is 9.85. The lowest BCUT2D eigenvalue weighted by Crippen LogP contribution is -2.36. The van der Waals surface area contributed by atoms with Crippen molar-refractivity contribution in [3.63, 3.8) is 0 Å². The predicted octanol–water partition coefficient (Wildman–Crippen LogP) is 2.20. The minimum absolute atomic E-state index is 0.0454. The molecule has 0 radical (unpaired) electrons. The number of amides is 1. The van der Waals surface area contributed by atoms with Gasteiger partial charge in [0.05, 0.1) is 7.11 Å². The molecule has 1 aliphatic rings. The molecule has 1 aliphatic heterocycles. The minimum atomic E-state index is 0.0454. The number of hydrogen-bond donors (Lipinski definition) is 0. The molecule has 1 amide bonds. The fourth-order valence-corrected chi connectivity index (χ4v) is 2.22. The van der Waals surface area contributed by atoms with Crippen molar-refractivity contribution in [1.29, 1.82) is 0 Å². The zero-order valence-electron chi connectivity index (χ0n) is 10.3. The third-order valence-electron chi connectivity index (χ3n) is 3.29. The zero-order valence-corrected chi connectivity index (χ0v) is 10.3. The number of piperidine rings is 1. The highest BCUT2D eigenvalue weighted by molar-refractivity contribution is 5.95. The maximum absolute atomic E-state index is 11.9. The lowest BCUT2D eigenvalue weighted by molar-refractivity contribution is -0.127. The quantitative estimate of drug-likeness (QED) is 0.730. The van der Waals surface area contributed by atoms with Gasteiger partial charge in [-0.3, -0.25) is 4.79 Å². The summed E-state index contributed by atoms with van der Waals surface area (Å²) in [7, 11) is 3.46. The Kier molecular flexibility index (Phi) is 3.18. The van der Waals surface area contributed by atoms with Gasteiger partial charge >= 0.3 is 0 Å². The highest BCUT2D eigenvalue weighted by Gasteiger charge is 2.28. The molecule has 1 fully saturated rings. The van der Waals surface area contributed by atoms with Crippen LogP contribution in [-0.4, -0.2) is 31.5 Å². The number of ether oxygens (including phenoxy) is 1. The number of carbonyl (C=O) groups excluding carboxylic acids is 1. The summed E-state index contributed by atoms with van der Waals surface area (Å²) in [5.74, 6) is 0.986. The van der Waals surface area contributed by atoms with Crippen molar-refractivity contribution in [2.24, 2.45) is 0 Å². The van der Waals surface area contributed by atoms with Gasteiger partial charge in [-0.25, -0.2) is 0 Å². The third kappa shape index (κ3) is 2.18. The normalized spacial score (nSPS) is 20.6. The summed E-state index contributed by atoms with van der Waals surface area (Å²) >= 11 is 0. The summed E-state index contributed by atoms with van der Waals surface area (Å²) in [6, 6.07) is 7.86. The number of hydrogen-bond acceptors (Lipinski definition) is 2. The second kappa shape index (κ2) is 4.62. The molecule has 3 nitrogen and oxygen atoms in total. The van der Waals surface area contributed by atoms with Crippen molar-refractivity contribution in [2.75, 3.05) is 20.7 Å². The van der Waals surface area contributed by atoms with Crippen molar-refractivity contribution in [1.82, 2.24) is 4.90 Å². The van der Waals surface area contributed by atoms with Crippen LogP contribution in [0.1, 0.15) is 17.9 Å². The molecule has 2 rings (SSSR count). The summed E-state index contributed by atoms with van der Waals surface area (Å²) in [4.78, 5) is 13.6. The van der Waals surface area contributed by atoms with E-state index in [-0.39, 0.29) is 11.8 Å². The zero-order chi connectivity index (χ0) is 12.4. The Labute approximate surface area is 102 Å². The fourth-order valence-electron chi connectivity index (χ4n) is 2.22. The number of likely N-dealkylation sites (N-methyl/N-ethyl adjacent to an activating group) is 1. The van der Waals surface area contributed by atoms with Gasteiger partial charge in [-0.15, -0.1) is 0 Å². The Morgan fingerprint density at radius 1 is 1.47 bits per heavy atom. The molecule has 90 valence electrons. The van der Waals surface area contributed by atoms with Crippen LogP contribution in [0.5, 0.6) is 5.75 Å². The van der Waals surface area contributed by atoms with E-state index in [0.29, 0.717) is 5.57 Å². The van der Waals surface area contributed by atoms with Crippen molar-refractivity contribution in [2.45, 2.75) is 12.3 Å². The van der Waals surface area contributed by atoms with Crippen LogP contribution in [0.25, 0.3) is 0 Å². The molecule has 17 heavy (non-hydrogen) atoms. The van der Waals surface area contributed by atoms with Gasteiger partial charge < -0.3 is 9.64 Å². The molecule has 0 bridgehead atoms. The average Bonchev–Trinajstić information content (AvgIpc) is 2.36. The Bertz CT molecular complexity index is 453. The van der Waals surface area contributed by atoms with Gasteiger partial charge in [-0.2, -0.15) is 0 Å². The number of carbonyl (C=O) groups is 1. The Balaban J connectivity index is 2.27. The first kappa shape index (κ1) is 11.7. The molecule has 1 aromatic carbocycles. The SMILES string of the molecule is C=C1C(=O)N(C)CCC1c1cccc(OC)c1. The maximum Gasteiger partial charge on any atom is 0.249 e. The van der Waals surface area contributed by atoms with Gasteiger partial charge in [0.25, 0.3) is 0 Å². The van der Waals surface area contributed by atoms with Gasteiger partial charge in [-0.05, 0) is 24.1 Å². The third-order valence-corrected chi connectivity index (χ3v) is 3.29. The van der Waals surface area contributed by atoms with E-state index in [2.05, 4.69) is 6.58 Å². The van der Waals surface area contributed by atoms with Gasteiger partial charge in [0, 0.05) is 25.1 Å². The maximum atomic E-state index is 11.9. The molecular formula is C14H17NO2. The number of likely N-dealkylation sites (tertiary alicyclic amines) is 1. The molecule has 0 saturated carbocycles. The van der Waals surface area contributed by atoms with E-state index < -0.39 is 0 Å². The van der Waals surface area contributed by atoms with Crippen LogP contribution in [0, 0.1) is 0 Å². The van der Waals surface area contributed by atoms with E-state index in [4.69, 9.17) is 4.74 Å². The largest absolute Gasteiger partial charge is 0.497 e. The van der Waals surface area contributed by atoms with E-state index in [9.17, 15) is 4.79 Å². The molecular weight excluding hydrogens is 214 g/mol. The van der Waals surface area contributed by atoms with Crippen LogP contribution < -0.4 is 4.74 Å². The molecule has 0 aliphatic carbocycles. The van der Waals surface area contributed by atoms with Crippen LogP contribution in [-0.2, 0) is 4.79 Å². The van der Waals surface area contributed by atoms with E-state index in [0.717, 1.165) is 24.3 Å². The van der Waals surface area contributed by atoms with Gasteiger partial charge in [0.1, 0.15) is 5.75 Å². The van der Waals surface area contributed by atoms with E-state index in [1.807, 2.05) is 31.3 Å². The Morgan fingerprint density at radius 3 is 2.94 bits per heavy atom. The van der Waals surface area contributed by atoms with Crippen LogP contribution in [0.15, 0.2) is 36.4 Å². The molecule has 1 atom stereocenters. The number of methoxy groups -OCH3 is 1. The number of rotatable bonds is 2. The first-order chi connectivity index (χ1) is 8.13. The predicted molar refractivity (Wildman–Crippen MR) is 67.1 cm³/mol. The van der Waals surface area contributed by atoms with Gasteiger partial charge in [-0.1, -0.05) is 18.7 Å². The lowest BCUT2D eigenvalue weighted by Gasteiger charge is -2.31. The van der Waals surface area contributed by atoms with Crippen molar-refractivity contribution >= 4 is 5.91 Å². The molecule has 0 N–H and O–H groups in total. The van der Waals surface area contributed by atoms with Crippen LogP contribution in [0.4, 0.5) is 0 Å². The van der Waals surface area contributed by atoms with Crippen LogP contribution in [0.3, 0.4) is 0 Å². The highest BCUT2D eigenvalue weighted by Crippen LogP contribution is 2.33. The molecule has 0 aromatic heterocycles. The molecule has 1 unspecified atom stereocenters. The smallest absolute Gasteiger partial charge is 0.249 e. The fraction of sp³-hybridized carbons (Fsp3) is 0.357. The second-order valence-electron chi connectivity index (χ2n) is 4.37. The van der Waals surface area contributed by atoms with Gasteiger partial charge in [0.2, 0.25) is 5.91 Å². The van der Waals surface area contributed by atoms with Crippen molar-refractivity contribution < 1.29 is 9.53 Å². The molecule has 3 heteroatoms. The summed E-state index contributed by atoms with van der Waals surface area (Å²) in [6.07, 6.45) is 0.925. The standard InChI is InChI=1S/C14H17NO2/c1-10-13(7-8-15(2)14(10)16)11-5-4-6-12(9-11)17-3/h4-6,9,13H,1,7-8H2,2-3H3. The average molecular weight is 231 g/mol.